The number of guanidine groups is 1. The highest BCUT2D eigenvalue weighted by Crippen LogP contribution is 2.24. The van der Waals surface area contributed by atoms with Crippen molar-refractivity contribution in [3.63, 3.8) is 0 Å². The zero-order chi connectivity index (χ0) is 18.1. The summed E-state index contributed by atoms with van der Waals surface area (Å²) in [5, 5.41) is 6.75. The van der Waals surface area contributed by atoms with Crippen LogP contribution in [0.4, 0.5) is 0 Å². The monoisotopic (exact) mass is 340 g/mol. The van der Waals surface area contributed by atoms with Gasteiger partial charge in [-0.2, -0.15) is 0 Å². The van der Waals surface area contributed by atoms with Crippen LogP contribution in [0, 0.1) is 0 Å². The molecule has 1 heterocycles. The van der Waals surface area contributed by atoms with Crippen molar-refractivity contribution in [1.29, 1.82) is 0 Å². The second-order valence-electron chi connectivity index (χ2n) is 6.54. The Morgan fingerprint density at radius 1 is 1.12 bits per heavy atom. The molecule has 0 radical (unpaired) electrons. The number of nitrogens with zero attached hydrogens (tertiary/aromatic N) is 2. The van der Waals surface area contributed by atoms with Crippen LogP contribution in [0.2, 0.25) is 0 Å². The van der Waals surface area contributed by atoms with Crippen LogP contribution in [0.15, 0.2) is 53.7 Å². The van der Waals surface area contributed by atoms with Gasteiger partial charge in [-0.15, -0.1) is 0 Å². The quantitative estimate of drug-likeness (QED) is 0.601. The Morgan fingerprint density at radius 3 is 2.48 bits per heavy atom. The van der Waals surface area contributed by atoms with Gasteiger partial charge in [-0.1, -0.05) is 32.0 Å². The fraction of sp³-hybridized carbons (Fsp3) is 0.400. The normalized spacial score (nSPS) is 11.9. The Labute approximate surface area is 150 Å². The van der Waals surface area contributed by atoms with Crippen LogP contribution < -0.4 is 15.4 Å². The van der Waals surface area contributed by atoms with Crippen LogP contribution in [-0.4, -0.2) is 38.2 Å². The topological polar surface area (TPSA) is 58.5 Å². The minimum absolute atomic E-state index is 0.0229. The molecule has 0 saturated carbocycles. The van der Waals surface area contributed by atoms with Crippen molar-refractivity contribution < 1.29 is 4.74 Å². The zero-order valence-corrected chi connectivity index (χ0v) is 15.5. The lowest BCUT2D eigenvalue weighted by Crippen LogP contribution is -2.44. The lowest BCUT2D eigenvalue weighted by Gasteiger charge is -2.27. The Kier molecular flexibility index (Phi) is 6.81. The van der Waals surface area contributed by atoms with Gasteiger partial charge in [0.05, 0.1) is 7.11 Å². The molecule has 1 aromatic carbocycles. The third kappa shape index (κ3) is 5.78. The van der Waals surface area contributed by atoms with Crippen molar-refractivity contribution >= 4 is 5.96 Å². The highest BCUT2D eigenvalue weighted by atomic mass is 16.5. The summed E-state index contributed by atoms with van der Waals surface area (Å²) in [5.41, 5.74) is 2.30. The SMILES string of the molecule is CN=C(NCCc1ccccn1)NCC(C)(C)c1ccc(OC)cc1. The number of hydrogen-bond donors (Lipinski definition) is 2. The zero-order valence-electron chi connectivity index (χ0n) is 15.5. The van der Waals surface area contributed by atoms with Crippen molar-refractivity contribution in [3.05, 3.63) is 59.9 Å². The molecule has 0 atom stereocenters. The van der Waals surface area contributed by atoms with Crippen LogP contribution in [0.5, 0.6) is 5.75 Å². The van der Waals surface area contributed by atoms with Gasteiger partial charge in [0.1, 0.15) is 5.75 Å². The average Bonchev–Trinajstić information content (AvgIpc) is 2.65. The molecule has 5 heteroatoms. The van der Waals surface area contributed by atoms with E-state index in [1.54, 1.807) is 14.2 Å². The molecule has 0 amide bonds. The summed E-state index contributed by atoms with van der Waals surface area (Å²) in [6.45, 7) is 5.99. The van der Waals surface area contributed by atoms with Crippen LogP contribution in [0.3, 0.4) is 0 Å². The number of pyridine rings is 1. The maximum absolute atomic E-state index is 5.23. The molecule has 0 aliphatic carbocycles. The van der Waals surface area contributed by atoms with Crippen LogP contribution >= 0.6 is 0 Å². The molecule has 0 unspecified atom stereocenters. The number of ether oxygens (including phenoxy) is 1. The van der Waals surface area contributed by atoms with E-state index in [-0.39, 0.29) is 5.41 Å². The molecule has 5 nitrogen and oxygen atoms in total. The highest BCUT2D eigenvalue weighted by molar-refractivity contribution is 5.79. The molecule has 2 N–H and O–H groups in total. The summed E-state index contributed by atoms with van der Waals surface area (Å²) in [4.78, 5) is 8.63. The first-order valence-electron chi connectivity index (χ1n) is 8.54. The lowest BCUT2D eigenvalue weighted by molar-refractivity contribution is 0.414. The van der Waals surface area contributed by atoms with Gasteiger partial charge in [0.2, 0.25) is 0 Å². The summed E-state index contributed by atoms with van der Waals surface area (Å²) >= 11 is 0. The number of benzene rings is 1. The molecule has 1 aromatic heterocycles. The van der Waals surface area contributed by atoms with Crippen LogP contribution in [-0.2, 0) is 11.8 Å². The Bertz CT molecular complexity index is 666. The molecule has 25 heavy (non-hydrogen) atoms. The first-order valence-corrected chi connectivity index (χ1v) is 8.54. The van der Waals surface area contributed by atoms with E-state index in [2.05, 4.69) is 46.6 Å². The van der Waals surface area contributed by atoms with Crippen molar-refractivity contribution in [1.82, 2.24) is 15.6 Å². The van der Waals surface area contributed by atoms with Gasteiger partial charge < -0.3 is 15.4 Å². The van der Waals surface area contributed by atoms with Gasteiger partial charge in [-0.05, 0) is 29.8 Å². The summed E-state index contributed by atoms with van der Waals surface area (Å²) in [6.07, 6.45) is 2.68. The Morgan fingerprint density at radius 2 is 1.88 bits per heavy atom. The first-order chi connectivity index (χ1) is 12.0. The van der Waals surface area contributed by atoms with E-state index in [1.165, 1.54) is 5.56 Å². The standard InChI is InChI=1S/C20H28N4O/c1-20(2,16-8-10-18(25-4)11-9-16)15-24-19(21-3)23-14-12-17-7-5-6-13-22-17/h5-11,13H,12,14-15H2,1-4H3,(H2,21,23,24). The Hall–Kier alpha value is -2.56. The fourth-order valence-corrected chi connectivity index (χ4v) is 2.52. The van der Waals surface area contributed by atoms with Gasteiger partial charge >= 0.3 is 0 Å². The van der Waals surface area contributed by atoms with E-state index in [4.69, 9.17) is 4.74 Å². The second kappa shape index (κ2) is 9.06. The summed E-state index contributed by atoms with van der Waals surface area (Å²) < 4.78 is 5.23. The predicted molar refractivity (Wildman–Crippen MR) is 103 cm³/mol. The molecule has 134 valence electrons. The largest absolute Gasteiger partial charge is 0.497 e. The van der Waals surface area contributed by atoms with Crippen LogP contribution in [0.1, 0.15) is 25.1 Å². The minimum atomic E-state index is -0.0229. The van der Waals surface area contributed by atoms with Crippen molar-refractivity contribution in [2.45, 2.75) is 25.7 Å². The molecule has 0 saturated heterocycles. The minimum Gasteiger partial charge on any atom is -0.497 e. The van der Waals surface area contributed by atoms with Crippen molar-refractivity contribution in [2.75, 3.05) is 27.2 Å². The lowest BCUT2D eigenvalue weighted by atomic mass is 9.84. The van der Waals surface area contributed by atoms with E-state index in [1.807, 2.05) is 36.5 Å². The van der Waals surface area contributed by atoms with Gasteiger partial charge in [-0.3, -0.25) is 9.98 Å². The fourth-order valence-electron chi connectivity index (χ4n) is 2.52. The number of methoxy groups -OCH3 is 1. The average molecular weight is 340 g/mol. The Balaban J connectivity index is 1.84. The van der Waals surface area contributed by atoms with E-state index in [9.17, 15) is 0 Å². The third-order valence-corrected chi connectivity index (χ3v) is 4.19. The summed E-state index contributed by atoms with van der Waals surface area (Å²) in [5.74, 6) is 1.68. The van der Waals surface area contributed by atoms with Gasteiger partial charge in [0.25, 0.3) is 0 Å². The highest BCUT2D eigenvalue weighted by Gasteiger charge is 2.21. The summed E-state index contributed by atoms with van der Waals surface area (Å²) in [7, 11) is 3.47. The van der Waals surface area contributed by atoms with E-state index < -0.39 is 0 Å². The first kappa shape index (κ1) is 18.8. The molecular weight excluding hydrogens is 312 g/mol. The number of hydrogen-bond acceptors (Lipinski definition) is 3. The number of aliphatic imine (C=N–C) groups is 1. The van der Waals surface area contributed by atoms with Crippen molar-refractivity contribution in [3.8, 4) is 5.75 Å². The molecule has 0 bridgehead atoms. The number of aromatic nitrogens is 1. The molecule has 2 rings (SSSR count). The van der Waals surface area contributed by atoms with Gasteiger partial charge in [-0.25, -0.2) is 0 Å². The van der Waals surface area contributed by atoms with Gasteiger partial charge in [0, 0.05) is 43.9 Å². The molecule has 0 fully saturated rings. The van der Waals surface area contributed by atoms with E-state index >= 15 is 0 Å². The smallest absolute Gasteiger partial charge is 0.191 e. The maximum Gasteiger partial charge on any atom is 0.191 e. The molecule has 0 spiro atoms. The molecule has 0 aliphatic rings. The summed E-state index contributed by atoms with van der Waals surface area (Å²) in [6, 6.07) is 14.2. The predicted octanol–water partition coefficient (Wildman–Crippen LogP) is 2.78. The number of rotatable bonds is 7. The maximum atomic E-state index is 5.23. The molecule has 0 aliphatic heterocycles. The molecular formula is C20H28N4O. The van der Waals surface area contributed by atoms with Gasteiger partial charge in [0.15, 0.2) is 5.96 Å². The van der Waals surface area contributed by atoms with E-state index in [0.717, 1.165) is 36.9 Å². The van der Waals surface area contributed by atoms with Crippen LogP contribution in [0.25, 0.3) is 0 Å². The van der Waals surface area contributed by atoms with Crippen molar-refractivity contribution in [2.24, 2.45) is 4.99 Å². The van der Waals surface area contributed by atoms with E-state index in [0.29, 0.717) is 0 Å². The second-order valence-corrected chi connectivity index (χ2v) is 6.54. The third-order valence-electron chi connectivity index (χ3n) is 4.19. The molecule has 2 aromatic rings. The number of nitrogens with one attached hydrogen (secondary N) is 2.